The lowest BCUT2D eigenvalue weighted by Gasteiger charge is -2.36. The Kier molecular flexibility index (Phi) is 5.35. The van der Waals surface area contributed by atoms with Gasteiger partial charge in [0.15, 0.2) is 0 Å². The largest absolute Gasteiger partial charge is 0.352 e. The molecule has 0 spiro atoms. The van der Waals surface area contributed by atoms with E-state index in [2.05, 4.69) is 18.7 Å². The molecular formula is C21H30N4OS. The summed E-state index contributed by atoms with van der Waals surface area (Å²) in [6, 6.07) is 0. The normalized spacial score (nSPS) is 20.2. The number of piperazine rings is 1. The van der Waals surface area contributed by atoms with Crippen LogP contribution in [0.5, 0.6) is 0 Å². The molecule has 0 N–H and O–H groups in total. The molecule has 1 amide bonds. The Morgan fingerprint density at radius 1 is 1.19 bits per heavy atom. The molecule has 5 nitrogen and oxygen atoms in total. The molecule has 4 rings (SSSR count). The quantitative estimate of drug-likeness (QED) is 0.801. The van der Waals surface area contributed by atoms with E-state index in [-0.39, 0.29) is 5.91 Å². The van der Waals surface area contributed by atoms with Crippen molar-refractivity contribution in [2.24, 2.45) is 5.92 Å². The first kappa shape index (κ1) is 18.7. The topological polar surface area (TPSA) is 49.3 Å². The van der Waals surface area contributed by atoms with Crippen LogP contribution in [0, 0.1) is 5.92 Å². The van der Waals surface area contributed by atoms with Crippen molar-refractivity contribution in [1.29, 1.82) is 0 Å². The lowest BCUT2D eigenvalue weighted by Crippen LogP contribution is -2.49. The van der Waals surface area contributed by atoms with E-state index >= 15 is 0 Å². The zero-order chi connectivity index (χ0) is 19.0. The molecule has 0 aromatic carbocycles. The first-order chi connectivity index (χ1) is 13.1. The number of fused-ring (bicyclic) bond motifs is 3. The van der Waals surface area contributed by atoms with Crippen LogP contribution in [0.1, 0.15) is 56.3 Å². The Morgan fingerprint density at radius 2 is 1.96 bits per heavy atom. The average molecular weight is 387 g/mol. The Hall–Kier alpha value is -1.69. The van der Waals surface area contributed by atoms with Crippen LogP contribution in [-0.2, 0) is 24.1 Å². The Morgan fingerprint density at radius 3 is 2.67 bits per heavy atom. The number of aryl methyl sites for hydroxylation is 2. The van der Waals surface area contributed by atoms with Gasteiger partial charge >= 0.3 is 0 Å². The number of aromatic nitrogens is 2. The standard InChI is InChI=1S/C21H30N4OS/c1-4-6-17-22-20(25-11-9-24(10-12-25)18(26)5-2)19-15-8-7-14(3)13-16(15)27-21(19)23-17/h14H,4-13H2,1-3H3/t14-/m1/s1. The zero-order valence-electron chi connectivity index (χ0n) is 16.8. The highest BCUT2D eigenvalue weighted by molar-refractivity contribution is 7.19. The number of rotatable bonds is 4. The lowest BCUT2D eigenvalue weighted by molar-refractivity contribution is -0.131. The maximum absolute atomic E-state index is 12.0. The highest BCUT2D eigenvalue weighted by Crippen LogP contribution is 2.41. The van der Waals surface area contributed by atoms with E-state index in [1.165, 1.54) is 33.5 Å². The second-order valence-corrected chi connectivity index (χ2v) is 9.05. The van der Waals surface area contributed by atoms with Crippen LogP contribution < -0.4 is 4.90 Å². The van der Waals surface area contributed by atoms with E-state index in [4.69, 9.17) is 9.97 Å². The van der Waals surface area contributed by atoms with Crippen LogP contribution in [0.4, 0.5) is 5.82 Å². The Bertz CT molecular complexity index is 838. The van der Waals surface area contributed by atoms with Gasteiger partial charge in [-0.05, 0) is 37.2 Å². The molecular weight excluding hydrogens is 356 g/mol. The first-order valence-electron chi connectivity index (χ1n) is 10.4. The summed E-state index contributed by atoms with van der Waals surface area (Å²) in [5.41, 5.74) is 1.50. The van der Waals surface area contributed by atoms with E-state index in [9.17, 15) is 4.79 Å². The van der Waals surface area contributed by atoms with Gasteiger partial charge in [-0.3, -0.25) is 4.79 Å². The molecule has 0 radical (unpaired) electrons. The number of hydrogen-bond acceptors (Lipinski definition) is 5. The summed E-state index contributed by atoms with van der Waals surface area (Å²) in [6.45, 7) is 9.80. The number of carbonyl (C=O) groups is 1. The summed E-state index contributed by atoms with van der Waals surface area (Å²) < 4.78 is 0. The van der Waals surface area contributed by atoms with Crippen LogP contribution >= 0.6 is 11.3 Å². The summed E-state index contributed by atoms with van der Waals surface area (Å²) in [6.07, 6.45) is 6.16. The molecule has 2 aromatic rings. The number of carbonyl (C=O) groups excluding carboxylic acids is 1. The SMILES string of the molecule is CCCc1nc(N2CCN(C(=O)CC)CC2)c2c3c(sc2n1)C[C@H](C)CC3. The molecule has 6 heteroatoms. The van der Waals surface area contributed by atoms with Crippen molar-refractivity contribution < 1.29 is 4.79 Å². The van der Waals surface area contributed by atoms with Crippen molar-refractivity contribution in [3.8, 4) is 0 Å². The fourth-order valence-corrected chi connectivity index (χ4v) is 5.72. The predicted octanol–water partition coefficient (Wildman–Crippen LogP) is 3.83. The second kappa shape index (κ2) is 7.74. The molecule has 0 unspecified atom stereocenters. The van der Waals surface area contributed by atoms with Crippen molar-refractivity contribution in [2.75, 3.05) is 31.1 Å². The average Bonchev–Trinajstić information content (AvgIpc) is 3.04. The van der Waals surface area contributed by atoms with Gasteiger partial charge in [0.1, 0.15) is 16.5 Å². The van der Waals surface area contributed by atoms with Gasteiger partial charge in [-0.15, -0.1) is 11.3 Å². The fraction of sp³-hybridized carbons (Fsp3) is 0.667. The molecule has 146 valence electrons. The summed E-state index contributed by atoms with van der Waals surface area (Å²) in [4.78, 5) is 29.1. The van der Waals surface area contributed by atoms with Gasteiger partial charge in [-0.25, -0.2) is 9.97 Å². The second-order valence-electron chi connectivity index (χ2n) is 7.97. The van der Waals surface area contributed by atoms with Gasteiger partial charge in [0.05, 0.1) is 5.39 Å². The molecule has 3 heterocycles. The molecule has 0 bridgehead atoms. The minimum absolute atomic E-state index is 0.260. The molecule has 0 saturated carbocycles. The number of thiophene rings is 1. The highest BCUT2D eigenvalue weighted by atomic mass is 32.1. The molecule has 1 saturated heterocycles. The van der Waals surface area contributed by atoms with E-state index in [0.29, 0.717) is 6.42 Å². The van der Waals surface area contributed by atoms with Gasteiger partial charge in [0.2, 0.25) is 5.91 Å². The molecule has 1 atom stereocenters. The molecule has 1 aliphatic carbocycles. The van der Waals surface area contributed by atoms with Gasteiger partial charge in [0.25, 0.3) is 0 Å². The van der Waals surface area contributed by atoms with Gasteiger partial charge in [-0.1, -0.05) is 20.8 Å². The maximum atomic E-state index is 12.0. The van der Waals surface area contributed by atoms with E-state index < -0.39 is 0 Å². The third-order valence-corrected chi connectivity index (χ3v) is 7.04. The van der Waals surface area contributed by atoms with Crippen LogP contribution in [-0.4, -0.2) is 47.0 Å². The summed E-state index contributed by atoms with van der Waals surface area (Å²) in [5.74, 6) is 3.12. The first-order valence-corrected chi connectivity index (χ1v) is 11.3. The van der Waals surface area contributed by atoms with Crippen molar-refractivity contribution >= 4 is 33.3 Å². The number of amides is 1. The molecule has 2 aliphatic rings. The molecule has 1 fully saturated rings. The van der Waals surface area contributed by atoms with Gasteiger partial charge in [0, 0.05) is 43.9 Å². The third kappa shape index (κ3) is 3.56. The zero-order valence-corrected chi connectivity index (χ0v) is 17.6. The van der Waals surface area contributed by atoms with Crippen LogP contribution in [0.25, 0.3) is 10.2 Å². The van der Waals surface area contributed by atoms with E-state index in [1.807, 2.05) is 23.2 Å². The Labute approximate surface area is 165 Å². The number of nitrogens with zero attached hydrogens (tertiary/aromatic N) is 4. The van der Waals surface area contributed by atoms with Gasteiger partial charge in [-0.2, -0.15) is 0 Å². The van der Waals surface area contributed by atoms with Crippen molar-refractivity contribution in [3.63, 3.8) is 0 Å². The molecule has 1 aliphatic heterocycles. The van der Waals surface area contributed by atoms with Crippen LogP contribution in [0.2, 0.25) is 0 Å². The van der Waals surface area contributed by atoms with Gasteiger partial charge < -0.3 is 9.80 Å². The minimum atomic E-state index is 0.260. The van der Waals surface area contributed by atoms with E-state index in [0.717, 1.165) is 63.0 Å². The van der Waals surface area contributed by atoms with E-state index in [1.54, 1.807) is 0 Å². The minimum Gasteiger partial charge on any atom is -0.352 e. The molecule has 2 aromatic heterocycles. The monoisotopic (exact) mass is 386 g/mol. The van der Waals surface area contributed by atoms with Crippen molar-refractivity contribution in [1.82, 2.24) is 14.9 Å². The summed E-state index contributed by atoms with van der Waals surface area (Å²) >= 11 is 1.89. The predicted molar refractivity (Wildman–Crippen MR) is 112 cm³/mol. The maximum Gasteiger partial charge on any atom is 0.222 e. The van der Waals surface area contributed by atoms with Crippen molar-refractivity contribution in [2.45, 2.75) is 59.3 Å². The summed E-state index contributed by atoms with van der Waals surface area (Å²) in [7, 11) is 0. The lowest BCUT2D eigenvalue weighted by atomic mass is 9.89. The Balaban J connectivity index is 1.71. The fourth-order valence-electron chi connectivity index (χ4n) is 4.32. The number of anilines is 1. The molecule has 27 heavy (non-hydrogen) atoms. The summed E-state index contributed by atoms with van der Waals surface area (Å²) in [5, 5.41) is 1.30. The third-order valence-electron chi connectivity index (χ3n) is 5.89. The van der Waals surface area contributed by atoms with Crippen LogP contribution in [0.3, 0.4) is 0 Å². The van der Waals surface area contributed by atoms with Crippen molar-refractivity contribution in [3.05, 3.63) is 16.3 Å². The number of hydrogen-bond donors (Lipinski definition) is 0. The smallest absolute Gasteiger partial charge is 0.222 e. The highest BCUT2D eigenvalue weighted by Gasteiger charge is 2.28. The van der Waals surface area contributed by atoms with Crippen LogP contribution in [0.15, 0.2) is 0 Å².